The standard InChI is InChI=1S/C28H26Cl2N4O3S/c1-19-7-13-27(14-8-19)38(36,37)33(26-6-4-5-24(30)16-26)18-28(35)32-31-17-22-15-20(2)34(21(22)3)25-11-9-23(29)10-12-25/h4-17H,18H2,1-3H3,(H,32,35)/b31-17-. The first kappa shape index (κ1) is 27.4. The lowest BCUT2D eigenvalue weighted by Crippen LogP contribution is -2.39. The van der Waals surface area contributed by atoms with Crippen molar-refractivity contribution in [1.29, 1.82) is 0 Å². The van der Waals surface area contributed by atoms with E-state index in [-0.39, 0.29) is 10.6 Å². The maximum atomic E-state index is 13.5. The summed E-state index contributed by atoms with van der Waals surface area (Å²) in [6.45, 7) is 5.29. The van der Waals surface area contributed by atoms with Gasteiger partial charge in [0.1, 0.15) is 6.54 Å². The summed E-state index contributed by atoms with van der Waals surface area (Å²) in [4.78, 5) is 12.9. The molecular weight excluding hydrogens is 543 g/mol. The predicted octanol–water partition coefficient (Wildman–Crippen LogP) is 6.05. The van der Waals surface area contributed by atoms with E-state index in [1.54, 1.807) is 30.3 Å². The third-order valence-corrected chi connectivity index (χ3v) is 8.22. The molecule has 38 heavy (non-hydrogen) atoms. The fourth-order valence-corrected chi connectivity index (χ4v) is 5.75. The first-order chi connectivity index (χ1) is 18.1. The van der Waals surface area contributed by atoms with Gasteiger partial charge < -0.3 is 4.57 Å². The maximum Gasteiger partial charge on any atom is 0.264 e. The molecule has 10 heteroatoms. The van der Waals surface area contributed by atoms with Crippen molar-refractivity contribution in [2.45, 2.75) is 25.7 Å². The summed E-state index contributed by atoms with van der Waals surface area (Å²) >= 11 is 12.1. The summed E-state index contributed by atoms with van der Waals surface area (Å²) in [6.07, 6.45) is 1.53. The number of anilines is 1. The fourth-order valence-electron chi connectivity index (χ4n) is 4.03. The SMILES string of the molecule is Cc1ccc(S(=O)(=O)N(CC(=O)N/N=C\c2cc(C)n(-c3ccc(Cl)cc3)c2C)c2cccc(Cl)c2)cc1. The Balaban J connectivity index is 1.55. The molecule has 0 atom stereocenters. The molecule has 0 fully saturated rings. The summed E-state index contributed by atoms with van der Waals surface area (Å²) in [5, 5.41) is 5.09. The van der Waals surface area contributed by atoms with Gasteiger partial charge in [-0.25, -0.2) is 13.8 Å². The van der Waals surface area contributed by atoms with Crippen LogP contribution in [0.25, 0.3) is 5.69 Å². The number of amides is 1. The molecule has 0 bridgehead atoms. The van der Waals surface area contributed by atoms with Crippen LogP contribution >= 0.6 is 23.2 Å². The Morgan fingerprint density at radius 1 is 0.947 bits per heavy atom. The van der Waals surface area contributed by atoms with Gasteiger partial charge in [0.2, 0.25) is 0 Å². The molecule has 1 heterocycles. The van der Waals surface area contributed by atoms with Gasteiger partial charge >= 0.3 is 0 Å². The molecule has 0 saturated heterocycles. The Hall–Kier alpha value is -3.59. The van der Waals surface area contributed by atoms with E-state index in [1.165, 1.54) is 24.4 Å². The van der Waals surface area contributed by atoms with Crippen LogP contribution in [0.2, 0.25) is 10.0 Å². The average molecular weight is 570 g/mol. The number of aromatic nitrogens is 1. The van der Waals surface area contributed by atoms with Crippen LogP contribution in [0.15, 0.2) is 88.9 Å². The zero-order valence-electron chi connectivity index (χ0n) is 21.0. The number of aryl methyl sites for hydroxylation is 2. The second-order valence-electron chi connectivity index (χ2n) is 8.74. The third kappa shape index (κ3) is 6.10. The van der Waals surface area contributed by atoms with E-state index in [9.17, 15) is 13.2 Å². The van der Waals surface area contributed by atoms with Crippen LogP contribution in [0, 0.1) is 20.8 Å². The smallest absolute Gasteiger partial charge is 0.264 e. The van der Waals surface area contributed by atoms with Crippen molar-refractivity contribution in [3.63, 3.8) is 0 Å². The van der Waals surface area contributed by atoms with Gasteiger partial charge in [-0.05, 0) is 81.4 Å². The molecule has 0 aliphatic carbocycles. The van der Waals surface area contributed by atoms with Gasteiger partial charge in [0.05, 0.1) is 16.8 Å². The van der Waals surface area contributed by atoms with Crippen molar-refractivity contribution in [1.82, 2.24) is 9.99 Å². The number of hydrazone groups is 1. The Morgan fingerprint density at radius 3 is 2.29 bits per heavy atom. The normalized spacial score (nSPS) is 11.6. The van der Waals surface area contributed by atoms with Crippen LogP contribution in [0.1, 0.15) is 22.5 Å². The fraction of sp³-hybridized carbons (Fsp3) is 0.143. The lowest BCUT2D eigenvalue weighted by Gasteiger charge is -2.24. The molecule has 0 aliphatic rings. The number of benzene rings is 3. The Labute approximate surface area is 232 Å². The first-order valence-corrected chi connectivity index (χ1v) is 13.9. The van der Waals surface area contributed by atoms with Crippen LogP contribution in [0.3, 0.4) is 0 Å². The molecule has 1 aromatic heterocycles. The van der Waals surface area contributed by atoms with Crippen LogP contribution in [-0.2, 0) is 14.8 Å². The molecule has 1 amide bonds. The summed E-state index contributed by atoms with van der Waals surface area (Å²) in [5.74, 6) is -0.608. The highest BCUT2D eigenvalue weighted by molar-refractivity contribution is 7.92. The monoisotopic (exact) mass is 568 g/mol. The van der Waals surface area contributed by atoms with Crippen molar-refractivity contribution in [2.24, 2.45) is 5.10 Å². The largest absolute Gasteiger partial charge is 0.318 e. The second-order valence-corrected chi connectivity index (χ2v) is 11.5. The quantitative estimate of drug-likeness (QED) is 0.207. The van der Waals surface area contributed by atoms with Crippen molar-refractivity contribution < 1.29 is 13.2 Å². The lowest BCUT2D eigenvalue weighted by atomic mass is 10.2. The molecule has 0 saturated carbocycles. The number of carbonyl (C=O) groups excluding carboxylic acids is 1. The molecule has 0 aliphatic heterocycles. The van der Waals surface area contributed by atoms with Crippen LogP contribution in [-0.4, -0.2) is 31.7 Å². The zero-order valence-corrected chi connectivity index (χ0v) is 23.3. The highest BCUT2D eigenvalue weighted by atomic mass is 35.5. The number of nitrogens with zero attached hydrogens (tertiary/aromatic N) is 3. The number of rotatable bonds is 8. The van der Waals surface area contributed by atoms with Gasteiger partial charge in [0.15, 0.2) is 0 Å². The maximum absolute atomic E-state index is 13.5. The minimum absolute atomic E-state index is 0.0639. The van der Waals surface area contributed by atoms with Gasteiger partial charge in [-0.3, -0.25) is 9.10 Å². The van der Waals surface area contributed by atoms with Gasteiger partial charge in [0.25, 0.3) is 15.9 Å². The third-order valence-electron chi connectivity index (χ3n) is 5.94. The van der Waals surface area contributed by atoms with Gasteiger partial charge in [-0.1, -0.05) is 47.0 Å². The molecule has 3 aromatic carbocycles. The highest BCUT2D eigenvalue weighted by Gasteiger charge is 2.27. The summed E-state index contributed by atoms with van der Waals surface area (Å²) in [6, 6.07) is 22.2. The zero-order chi connectivity index (χ0) is 27.4. The van der Waals surface area contributed by atoms with Gasteiger partial charge in [-0.2, -0.15) is 5.10 Å². The van der Waals surface area contributed by atoms with E-state index in [2.05, 4.69) is 15.1 Å². The predicted molar refractivity (Wildman–Crippen MR) is 153 cm³/mol. The van der Waals surface area contributed by atoms with E-state index in [0.717, 1.165) is 32.5 Å². The average Bonchev–Trinajstić information content (AvgIpc) is 3.16. The number of hydrogen-bond acceptors (Lipinski definition) is 4. The van der Waals surface area contributed by atoms with Gasteiger partial charge in [-0.15, -0.1) is 0 Å². The highest BCUT2D eigenvalue weighted by Crippen LogP contribution is 2.26. The van der Waals surface area contributed by atoms with Crippen molar-refractivity contribution in [3.8, 4) is 5.69 Å². The Kier molecular flexibility index (Phi) is 8.26. The summed E-state index contributed by atoms with van der Waals surface area (Å²) in [5.41, 5.74) is 7.29. The molecule has 0 radical (unpaired) electrons. The number of sulfonamides is 1. The molecule has 4 rings (SSSR count). The van der Waals surface area contributed by atoms with Crippen molar-refractivity contribution in [2.75, 3.05) is 10.8 Å². The number of hydrogen-bond donors (Lipinski definition) is 1. The Morgan fingerprint density at radius 2 is 1.63 bits per heavy atom. The second kappa shape index (κ2) is 11.4. The Bertz CT molecular complexity index is 1600. The van der Waals surface area contributed by atoms with E-state index in [1.807, 2.05) is 51.1 Å². The number of nitrogens with one attached hydrogen (secondary N) is 1. The van der Waals surface area contributed by atoms with Crippen LogP contribution < -0.4 is 9.73 Å². The molecule has 4 aromatic rings. The van der Waals surface area contributed by atoms with Crippen LogP contribution in [0.4, 0.5) is 5.69 Å². The molecule has 0 spiro atoms. The topological polar surface area (TPSA) is 83.8 Å². The van der Waals surface area contributed by atoms with E-state index >= 15 is 0 Å². The number of halogens is 2. The molecule has 0 unspecified atom stereocenters. The first-order valence-electron chi connectivity index (χ1n) is 11.7. The number of carbonyl (C=O) groups is 1. The lowest BCUT2D eigenvalue weighted by molar-refractivity contribution is -0.119. The van der Waals surface area contributed by atoms with Crippen molar-refractivity contribution >= 4 is 51.0 Å². The summed E-state index contributed by atoms with van der Waals surface area (Å²) in [7, 11) is -4.05. The summed E-state index contributed by atoms with van der Waals surface area (Å²) < 4.78 is 30.0. The van der Waals surface area contributed by atoms with Crippen LogP contribution in [0.5, 0.6) is 0 Å². The van der Waals surface area contributed by atoms with E-state index < -0.39 is 22.5 Å². The molecule has 7 nitrogen and oxygen atoms in total. The van der Waals surface area contributed by atoms with E-state index in [4.69, 9.17) is 23.2 Å². The van der Waals surface area contributed by atoms with Crippen molar-refractivity contribution in [3.05, 3.63) is 111 Å². The van der Waals surface area contributed by atoms with E-state index in [0.29, 0.717) is 10.0 Å². The molecular formula is C28H26Cl2N4O3S. The minimum Gasteiger partial charge on any atom is -0.318 e. The molecule has 196 valence electrons. The molecule has 1 N–H and O–H groups in total. The minimum atomic E-state index is -4.05. The van der Waals surface area contributed by atoms with Gasteiger partial charge in [0, 0.05) is 32.7 Å².